The monoisotopic (exact) mass is 449 g/mol. The second kappa shape index (κ2) is 9.33. The molecule has 7 heteroatoms. The van der Waals surface area contributed by atoms with E-state index in [1.807, 2.05) is 30.7 Å². The number of piperazine rings is 1. The van der Waals surface area contributed by atoms with E-state index >= 15 is 0 Å². The zero-order valence-electron chi connectivity index (χ0n) is 20.3. The van der Waals surface area contributed by atoms with Gasteiger partial charge in [0.05, 0.1) is 0 Å². The van der Waals surface area contributed by atoms with Crippen LogP contribution in [0.5, 0.6) is 5.75 Å². The molecule has 0 radical (unpaired) electrons. The van der Waals surface area contributed by atoms with Crippen LogP contribution >= 0.6 is 0 Å². The second-order valence-electron chi connectivity index (χ2n) is 9.12. The molecular weight excluding hydrogens is 414 g/mol. The van der Waals surface area contributed by atoms with Crippen LogP contribution < -0.4 is 14.7 Å². The number of carbonyl (C=O) groups is 1. The molecule has 1 fully saturated rings. The fourth-order valence-electron chi connectivity index (χ4n) is 4.76. The summed E-state index contributed by atoms with van der Waals surface area (Å²) in [4.78, 5) is 18.7. The minimum Gasteiger partial charge on any atom is -0.507 e. The van der Waals surface area contributed by atoms with Crippen LogP contribution in [0, 0.1) is 13.8 Å². The normalized spacial score (nSPS) is 19.7. The molecule has 2 aromatic rings. The Bertz CT molecular complexity index is 1000. The second-order valence-corrected chi connectivity index (χ2v) is 9.12. The highest BCUT2D eigenvalue weighted by Crippen LogP contribution is 2.31. The Morgan fingerprint density at radius 3 is 2.00 bits per heavy atom. The zero-order valence-corrected chi connectivity index (χ0v) is 20.3. The molecule has 2 aromatic carbocycles. The maximum absolute atomic E-state index is 11.9. The van der Waals surface area contributed by atoms with Crippen LogP contribution in [-0.4, -0.2) is 60.6 Å². The van der Waals surface area contributed by atoms with Gasteiger partial charge in [0.15, 0.2) is 12.5 Å². The average molecular weight is 450 g/mol. The van der Waals surface area contributed by atoms with E-state index < -0.39 is 6.17 Å². The lowest BCUT2D eigenvalue weighted by Gasteiger charge is -2.38. The first-order valence-corrected chi connectivity index (χ1v) is 11.8. The molecule has 1 N–H and O–H groups in total. The molecular formula is C26H35N5O2. The smallest absolute Gasteiger partial charge is 0.180 e. The Morgan fingerprint density at radius 2 is 1.48 bits per heavy atom. The number of hydrogen-bond donors (Lipinski definition) is 1. The van der Waals surface area contributed by atoms with Gasteiger partial charge < -0.3 is 14.9 Å². The van der Waals surface area contributed by atoms with Crippen molar-refractivity contribution in [3.8, 4) is 5.75 Å². The summed E-state index contributed by atoms with van der Waals surface area (Å²) in [6.45, 7) is 13.8. The van der Waals surface area contributed by atoms with E-state index in [2.05, 4.69) is 65.1 Å². The van der Waals surface area contributed by atoms with E-state index in [4.69, 9.17) is 0 Å². The van der Waals surface area contributed by atoms with Crippen molar-refractivity contribution in [3.05, 3.63) is 47.5 Å². The number of benzene rings is 2. The van der Waals surface area contributed by atoms with Crippen molar-refractivity contribution in [1.29, 1.82) is 0 Å². The van der Waals surface area contributed by atoms with Crippen molar-refractivity contribution in [2.24, 2.45) is 5.10 Å². The highest BCUT2D eigenvalue weighted by Gasteiger charge is 2.35. The number of phenols is 1. The summed E-state index contributed by atoms with van der Waals surface area (Å²) in [5, 5.41) is 16.6. The largest absolute Gasteiger partial charge is 0.507 e. The van der Waals surface area contributed by atoms with Gasteiger partial charge in [-0.3, -0.25) is 14.7 Å². The number of amidine groups is 1. The zero-order chi connectivity index (χ0) is 23.7. The van der Waals surface area contributed by atoms with Crippen LogP contribution in [0.3, 0.4) is 0 Å². The minimum absolute atomic E-state index is 0.205. The number of carbonyl (C=O) groups excluding carboxylic acids is 1. The van der Waals surface area contributed by atoms with Crippen molar-refractivity contribution < 1.29 is 9.90 Å². The maximum atomic E-state index is 11.9. The Labute approximate surface area is 196 Å². The molecule has 2 aliphatic rings. The summed E-state index contributed by atoms with van der Waals surface area (Å²) in [5.74, 6) is 1.23. The quantitative estimate of drug-likeness (QED) is 0.670. The Balaban J connectivity index is 1.43. The molecule has 0 aliphatic carbocycles. The number of rotatable bonds is 6. The molecule has 7 nitrogen and oxygen atoms in total. The third-order valence-corrected chi connectivity index (χ3v) is 6.92. The number of aldehydes is 1. The molecule has 4 rings (SSSR count). The molecule has 2 aliphatic heterocycles. The molecule has 1 saturated heterocycles. The Kier molecular flexibility index (Phi) is 6.49. The van der Waals surface area contributed by atoms with Gasteiger partial charge in [0, 0.05) is 49.3 Å². The van der Waals surface area contributed by atoms with Gasteiger partial charge in [-0.25, -0.2) is 0 Å². The molecule has 33 heavy (non-hydrogen) atoms. The predicted molar refractivity (Wildman–Crippen MR) is 135 cm³/mol. The molecule has 0 saturated carbocycles. The number of hydrogen-bond acceptors (Lipinski definition) is 7. The van der Waals surface area contributed by atoms with Gasteiger partial charge >= 0.3 is 0 Å². The molecule has 2 unspecified atom stereocenters. The van der Waals surface area contributed by atoms with Crippen LogP contribution in [0.4, 0.5) is 17.1 Å². The average Bonchev–Trinajstić information content (AvgIpc) is 3.18. The van der Waals surface area contributed by atoms with E-state index in [0.29, 0.717) is 5.75 Å². The lowest BCUT2D eigenvalue weighted by molar-refractivity contribution is -0.112. The number of aromatic hydroxyl groups is 1. The van der Waals surface area contributed by atoms with E-state index in [1.165, 1.54) is 11.4 Å². The molecule has 0 aromatic heterocycles. The van der Waals surface area contributed by atoms with Crippen molar-refractivity contribution in [2.75, 3.05) is 40.9 Å². The van der Waals surface area contributed by atoms with E-state index in [0.717, 1.165) is 61.5 Å². The van der Waals surface area contributed by atoms with Crippen LogP contribution in [-0.2, 0) is 4.79 Å². The van der Waals surface area contributed by atoms with Crippen LogP contribution in [0.2, 0.25) is 0 Å². The third kappa shape index (κ3) is 4.36. The first kappa shape index (κ1) is 23.0. The van der Waals surface area contributed by atoms with Crippen molar-refractivity contribution in [3.63, 3.8) is 0 Å². The first-order valence-electron chi connectivity index (χ1n) is 11.8. The number of anilines is 3. The predicted octanol–water partition coefficient (Wildman–Crippen LogP) is 4.11. The molecule has 0 bridgehead atoms. The van der Waals surface area contributed by atoms with E-state index in [9.17, 15) is 9.90 Å². The standard InChI is InChI=1S/C26H35N5O2/c1-6-20(4)31-25(17-32)30(21(5)27-31)23-9-7-22(8-10-23)28-11-13-29(14-12-28)24-15-18(2)26(33)19(3)16-24/h7-10,15-17,20,25,33H,6,11-14H2,1-5H3. The molecule has 0 spiro atoms. The fourth-order valence-corrected chi connectivity index (χ4v) is 4.76. The van der Waals surface area contributed by atoms with Gasteiger partial charge in [0.1, 0.15) is 11.6 Å². The van der Waals surface area contributed by atoms with Gasteiger partial charge in [-0.1, -0.05) is 6.92 Å². The molecule has 2 atom stereocenters. The lowest BCUT2D eigenvalue weighted by atomic mass is 10.1. The van der Waals surface area contributed by atoms with E-state index in [1.54, 1.807) is 0 Å². The maximum Gasteiger partial charge on any atom is 0.180 e. The number of phenolic OH excluding ortho intramolecular Hbond substituents is 1. The van der Waals surface area contributed by atoms with Gasteiger partial charge in [-0.05, 0) is 81.6 Å². The first-order chi connectivity index (χ1) is 15.8. The van der Waals surface area contributed by atoms with Crippen molar-refractivity contribution in [2.45, 2.75) is 53.2 Å². The Morgan fingerprint density at radius 1 is 0.970 bits per heavy atom. The molecule has 2 heterocycles. The third-order valence-electron chi connectivity index (χ3n) is 6.92. The summed E-state index contributed by atoms with van der Waals surface area (Å²) in [5.41, 5.74) is 5.18. The SMILES string of the molecule is CCC(C)N1N=C(C)N(c2ccc(N3CCN(c4cc(C)c(O)c(C)c4)CC3)cc2)C1C=O. The topological polar surface area (TPSA) is 62.6 Å². The summed E-state index contributed by atoms with van der Waals surface area (Å²) in [6.07, 6.45) is 1.52. The number of hydrazone groups is 1. The minimum atomic E-state index is -0.397. The highest BCUT2D eigenvalue weighted by atomic mass is 16.3. The lowest BCUT2D eigenvalue weighted by Crippen LogP contribution is -2.47. The van der Waals surface area contributed by atoms with Crippen LogP contribution in [0.1, 0.15) is 38.3 Å². The summed E-state index contributed by atoms with van der Waals surface area (Å²) < 4.78 is 0. The van der Waals surface area contributed by atoms with Crippen LogP contribution in [0.25, 0.3) is 0 Å². The number of aryl methyl sites for hydroxylation is 2. The van der Waals surface area contributed by atoms with Gasteiger partial charge in [-0.2, -0.15) is 5.10 Å². The number of nitrogens with zero attached hydrogens (tertiary/aromatic N) is 5. The van der Waals surface area contributed by atoms with Crippen molar-refractivity contribution in [1.82, 2.24) is 5.01 Å². The summed E-state index contributed by atoms with van der Waals surface area (Å²) in [6, 6.07) is 12.8. The highest BCUT2D eigenvalue weighted by molar-refractivity contribution is 6.01. The Hall–Kier alpha value is -3.22. The van der Waals surface area contributed by atoms with Crippen molar-refractivity contribution >= 4 is 29.2 Å². The van der Waals surface area contributed by atoms with Gasteiger partial charge in [0.2, 0.25) is 0 Å². The van der Waals surface area contributed by atoms with Gasteiger partial charge in [-0.15, -0.1) is 0 Å². The summed E-state index contributed by atoms with van der Waals surface area (Å²) >= 11 is 0. The van der Waals surface area contributed by atoms with Crippen LogP contribution in [0.15, 0.2) is 41.5 Å². The fraction of sp³-hybridized carbons (Fsp3) is 0.462. The molecule has 176 valence electrons. The summed E-state index contributed by atoms with van der Waals surface area (Å²) in [7, 11) is 0. The van der Waals surface area contributed by atoms with E-state index in [-0.39, 0.29) is 6.04 Å². The molecule has 0 amide bonds. The van der Waals surface area contributed by atoms with Gasteiger partial charge in [0.25, 0.3) is 0 Å².